The third kappa shape index (κ3) is 3.43. The Hall–Kier alpha value is -2.70. The molecule has 6 nitrogen and oxygen atoms in total. The normalized spacial score (nSPS) is 26.3. The molecule has 2 aliphatic rings. The van der Waals surface area contributed by atoms with Crippen molar-refractivity contribution in [3.05, 3.63) is 71.3 Å². The van der Waals surface area contributed by atoms with Crippen molar-refractivity contribution in [2.24, 2.45) is 17.6 Å². The van der Waals surface area contributed by atoms with Gasteiger partial charge in [-0.15, -0.1) is 12.4 Å². The van der Waals surface area contributed by atoms with E-state index in [4.69, 9.17) is 11.1 Å². The van der Waals surface area contributed by atoms with Crippen molar-refractivity contribution in [1.82, 2.24) is 9.80 Å². The van der Waals surface area contributed by atoms with Gasteiger partial charge in [0, 0.05) is 17.6 Å². The molecule has 2 aliphatic heterocycles. The number of rotatable bonds is 4. The van der Waals surface area contributed by atoms with E-state index < -0.39 is 0 Å². The first-order valence-electron chi connectivity index (χ1n) is 9.45. The van der Waals surface area contributed by atoms with Crippen LogP contribution in [0, 0.1) is 17.2 Å². The molecule has 29 heavy (non-hydrogen) atoms. The molecule has 2 aromatic carbocycles. The predicted molar refractivity (Wildman–Crippen MR) is 114 cm³/mol. The summed E-state index contributed by atoms with van der Waals surface area (Å²) < 4.78 is 0. The van der Waals surface area contributed by atoms with E-state index in [9.17, 15) is 9.59 Å². The average Bonchev–Trinajstić information content (AvgIpc) is 3.09. The van der Waals surface area contributed by atoms with Crippen LogP contribution < -0.4 is 5.73 Å². The van der Waals surface area contributed by atoms with Gasteiger partial charge >= 0.3 is 0 Å². The Kier molecular flexibility index (Phi) is 5.78. The SMILES string of the molecule is CC1C2C(=O)N(Cc3ccccc3)C(=O)C2C(c2ccc(C(=N)N)cc2)N1C.Cl. The summed E-state index contributed by atoms with van der Waals surface area (Å²) in [6.45, 7) is 2.33. The highest BCUT2D eigenvalue weighted by Gasteiger charge is 2.59. The zero-order valence-electron chi connectivity index (χ0n) is 16.4. The number of amides is 2. The van der Waals surface area contributed by atoms with Crippen LogP contribution in [0.3, 0.4) is 0 Å². The lowest BCUT2D eigenvalue weighted by atomic mass is 9.86. The smallest absolute Gasteiger partial charge is 0.235 e. The number of halogens is 1. The van der Waals surface area contributed by atoms with Gasteiger partial charge in [-0.05, 0) is 25.1 Å². The number of benzene rings is 2. The summed E-state index contributed by atoms with van der Waals surface area (Å²) >= 11 is 0. The van der Waals surface area contributed by atoms with Crippen molar-refractivity contribution >= 4 is 30.1 Å². The van der Waals surface area contributed by atoms with Crippen LogP contribution in [0.15, 0.2) is 54.6 Å². The van der Waals surface area contributed by atoms with Crippen molar-refractivity contribution in [3.63, 3.8) is 0 Å². The molecule has 0 radical (unpaired) electrons. The van der Waals surface area contributed by atoms with E-state index in [0.29, 0.717) is 12.1 Å². The summed E-state index contributed by atoms with van der Waals surface area (Å²) in [4.78, 5) is 29.9. The van der Waals surface area contributed by atoms with Crippen LogP contribution in [0.2, 0.25) is 0 Å². The van der Waals surface area contributed by atoms with Crippen LogP contribution >= 0.6 is 12.4 Å². The van der Waals surface area contributed by atoms with Gasteiger partial charge in [0.1, 0.15) is 5.84 Å². The standard InChI is InChI=1S/C22H24N4O2.ClH/c1-13-17-18(19(25(13)2)15-8-10-16(11-9-15)20(23)24)22(28)26(21(17)27)12-14-6-4-3-5-7-14;/h3-11,13,17-19H,12H2,1-2H3,(H3,23,24);1H. The molecule has 0 bridgehead atoms. The van der Waals surface area contributed by atoms with Crippen LogP contribution in [0.4, 0.5) is 0 Å². The maximum Gasteiger partial charge on any atom is 0.235 e. The second-order valence-corrected chi connectivity index (χ2v) is 7.69. The number of amidine groups is 1. The first-order chi connectivity index (χ1) is 13.4. The highest BCUT2D eigenvalue weighted by molar-refractivity contribution is 6.06. The van der Waals surface area contributed by atoms with Crippen LogP contribution in [-0.2, 0) is 16.1 Å². The first-order valence-corrected chi connectivity index (χ1v) is 9.45. The predicted octanol–water partition coefficient (Wildman–Crippen LogP) is 2.57. The molecule has 2 heterocycles. The molecule has 4 rings (SSSR count). The fraction of sp³-hybridized carbons (Fsp3) is 0.318. The minimum Gasteiger partial charge on any atom is -0.384 e. The summed E-state index contributed by atoms with van der Waals surface area (Å²) in [6, 6.07) is 16.8. The Labute approximate surface area is 176 Å². The molecule has 0 saturated carbocycles. The molecule has 0 aromatic heterocycles. The van der Waals surface area contributed by atoms with Gasteiger partial charge in [-0.2, -0.15) is 0 Å². The Morgan fingerprint density at radius 3 is 2.17 bits per heavy atom. The molecule has 2 aromatic rings. The van der Waals surface area contributed by atoms with Gasteiger partial charge in [-0.1, -0.05) is 54.6 Å². The van der Waals surface area contributed by atoms with Gasteiger partial charge in [-0.3, -0.25) is 24.8 Å². The van der Waals surface area contributed by atoms with Gasteiger partial charge in [-0.25, -0.2) is 0 Å². The summed E-state index contributed by atoms with van der Waals surface area (Å²) in [7, 11) is 1.97. The summed E-state index contributed by atoms with van der Waals surface area (Å²) in [5.74, 6) is -0.895. The molecule has 2 saturated heterocycles. The van der Waals surface area contributed by atoms with Crippen molar-refractivity contribution in [1.29, 1.82) is 5.41 Å². The van der Waals surface area contributed by atoms with Crippen LogP contribution in [0.1, 0.15) is 29.7 Å². The van der Waals surface area contributed by atoms with Crippen molar-refractivity contribution in [2.45, 2.75) is 25.6 Å². The summed E-state index contributed by atoms with van der Waals surface area (Å²) in [6.07, 6.45) is 0. The lowest BCUT2D eigenvalue weighted by Gasteiger charge is -2.28. The van der Waals surface area contributed by atoms with E-state index in [2.05, 4.69) is 4.90 Å². The number of imide groups is 1. The molecule has 4 atom stereocenters. The van der Waals surface area contributed by atoms with Gasteiger partial charge in [0.2, 0.25) is 11.8 Å². The van der Waals surface area contributed by atoms with Crippen molar-refractivity contribution < 1.29 is 9.59 Å². The van der Waals surface area contributed by atoms with E-state index in [0.717, 1.165) is 11.1 Å². The van der Waals surface area contributed by atoms with Crippen molar-refractivity contribution in [3.8, 4) is 0 Å². The van der Waals surface area contributed by atoms with E-state index in [1.807, 2.05) is 56.4 Å². The Morgan fingerprint density at radius 1 is 1.00 bits per heavy atom. The second-order valence-electron chi connectivity index (χ2n) is 7.69. The number of nitrogens with two attached hydrogens (primary N) is 1. The van der Waals surface area contributed by atoms with Crippen LogP contribution in [-0.4, -0.2) is 40.5 Å². The number of nitrogen functional groups attached to an aromatic ring is 1. The Morgan fingerprint density at radius 2 is 1.59 bits per heavy atom. The summed E-state index contributed by atoms with van der Waals surface area (Å²) in [5, 5.41) is 7.56. The fourth-order valence-electron chi connectivity index (χ4n) is 4.60. The van der Waals surface area contributed by atoms with E-state index >= 15 is 0 Å². The largest absolute Gasteiger partial charge is 0.384 e. The van der Waals surface area contributed by atoms with E-state index in [1.54, 1.807) is 12.1 Å². The Balaban J connectivity index is 0.00000240. The minimum absolute atomic E-state index is 0. The first kappa shape index (κ1) is 21.0. The number of likely N-dealkylation sites (tertiary alicyclic amines) is 2. The van der Waals surface area contributed by atoms with Gasteiger partial charge < -0.3 is 5.73 Å². The fourth-order valence-corrected chi connectivity index (χ4v) is 4.60. The van der Waals surface area contributed by atoms with E-state index in [1.165, 1.54) is 4.90 Å². The van der Waals surface area contributed by atoms with Gasteiger partial charge in [0.05, 0.1) is 18.4 Å². The molecule has 7 heteroatoms. The van der Waals surface area contributed by atoms with Crippen LogP contribution in [0.5, 0.6) is 0 Å². The molecule has 0 aliphatic carbocycles. The highest BCUT2D eigenvalue weighted by atomic mass is 35.5. The third-order valence-corrected chi connectivity index (χ3v) is 6.18. The lowest BCUT2D eigenvalue weighted by molar-refractivity contribution is -0.142. The zero-order chi connectivity index (χ0) is 20.0. The minimum atomic E-state index is -0.389. The van der Waals surface area contributed by atoms with Gasteiger partial charge in [0.15, 0.2) is 0 Å². The second kappa shape index (κ2) is 7.97. The number of carbonyl (C=O) groups excluding carboxylic acids is 2. The number of carbonyl (C=O) groups is 2. The number of nitrogens with one attached hydrogen (secondary N) is 1. The molecule has 2 fully saturated rings. The van der Waals surface area contributed by atoms with Gasteiger partial charge in [0.25, 0.3) is 0 Å². The maximum absolute atomic E-state index is 13.3. The number of fused-ring (bicyclic) bond motifs is 1. The molecule has 4 unspecified atom stereocenters. The lowest BCUT2D eigenvalue weighted by Crippen LogP contribution is -2.38. The number of nitrogens with zero attached hydrogens (tertiary/aromatic N) is 2. The molecule has 3 N–H and O–H groups in total. The third-order valence-electron chi connectivity index (χ3n) is 6.18. The zero-order valence-corrected chi connectivity index (χ0v) is 17.2. The quantitative estimate of drug-likeness (QED) is 0.458. The number of hydrogen-bond donors (Lipinski definition) is 2. The molecular formula is C22H25ClN4O2. The van der Waals surface area contributed by atoms with Crippen LogP contribution in [0.25, 0.3) is 0 Å². The highest BCUT2D eigenvalue weighted by Crippen LogP contribution is 2.49. The molecule has 2 amide bonds. The summed E-state index contributed by atoms with van der Waals surface area (Å²) in [5.41, 5.74) is 8.12. The van der Waals surface area contributed by atoms with E-state index in [-0.39, 0.29) is 54.0 Å². The molecular weight excluding hydrogens is 388 g/mol. The monoisotopic (exact) mass is 412 g/mol. The van der Waals surface area contributed by atoms with Crippen molar-refractivity contribution in [2.75, 3.05) is 7.05 Å². The Bertz CT molecular complexity index is 932. The number of hydrogen-bond acceptors (Lipinski definition) is 4. The molecule has 152 valence electrons. The topological polar surface area (TPSA) is 90.5 Å². The maximum atomic E-state index is 13.3. The molecule has 0 spiro atoms. The average molecular weight is 413 g/mol.